The lowest BCUT2D eigenvalue weighted by Crippen LogP contribution is -2.46. The van der Waals surface area contributed by atoms with Crippen molar-refractivity contribution in [3.05, 3.63) is 52.8 Å². The van der Waals surface area contributed by atoms with Crippen molar-refractivity contribution in [3.63, 3.8) is 0 Å². The van der Waals surface area contributed by atoms with Gasteiger partial charge in [-0.2, -0.15) is 4.98 Å². The maximum Gasteiger partial charge on any atom is 0.262 e. The summed E-state index contributed by atoms with van der Waals surface area (Å²) in [6, 6.07) is 7.65. The van der Waals surface area contributed by atoms with Gasteiger partial charge in [0.25, 0.3) is 5.56 Å². The van der Waals surface area contributed by atoms with Crippen LogP contribution in [0, 0.1) is 0 Å². The van der Waals surface area contributed by atoms with E-state index in [1.807, 2.05) is 35.6 Å². The van der Waals surface area contributed by atoms with Crippen LogP contribution < -0.4 is 15.2 Å². The van der Waals surface area contributed by atoms with Crippen LogP contribution in [0.1, 0.15) is 12.7 Å². The Balaban J connectivity index is 1.41. The number of para-hydroxylation sites is 1. The minimum Gasteiger partial charge on any atom is -0.480 e. The van der Waals surface area contributed by atoms with Crippen molar-refractivity contribution in [1.29, 1.82) is 0 Å². The Labute approximate surface area is 178 Å². The van der Waals surface area contributed by atoms with Crippen molar-refractivity contribution in [2.45, 2.75) is 20.0 Å². The second-order valence-electron chi connectivity index (χ2n) is 7.50. The molecule has 0 radical (unpaired) electrons. The summed E-state index contributed by atoms with van der Waals surface area (Å²) in [5.41, 5.74) is 0.815. The van der Waals surface area contributed by atoms with Gasteiger partial charge in [-0.3, -0.25) is 23.6 Å². The van der Waals surface area contributed by atoms with Gasteiger partial charge in [-0.25, -0.2) is 0 Å². The number of benzene rings is 1. The second kappa shape index (κ2) is 7.95. The van der Waals surface area contributed by atoms with Crippen molar-refractivity contribution in [2.75, 3.05) is 38.2 Å². The summed E-state index contributed by atoms with van der Waals surface area (Å²) in [5.74, 6) is 2.77. The van der Waals surface area contributed by atoms with E-state index in [-0.39, 0.29) is 5.56 Å². The maximum atomic E-state index is 12.8. The third kappa shape index (κ3) is 3.38. The number of methoxy groups -OCH3 is 1. The van der Waals surface area contributed by atoms with E-state index in [1.54, 1.807) is 24.1 Å². The number of nitrogens with zero attached hydrogens (tertiary/aromatic N) is 8. The minimum atomic E-state index is -0.0300. The molecular weight excluding hydrogens is 396 g/mol. The summed E-state index contributed by atoms with van der Waals surface area (Å²) in [6.45, 7) is 6.54. The predicted molar refractivity (Wildman–Crippen MR) is 117 cm³/mol. The van der Waals surface area contributed by atoms with Gasteiger partial charge in [0.05, 0.1) is 37.0 Å². The lowest BCUT2D eigenvalue weighted by molar-refractivity contribution is 0.242. The summed E-state index contributed by atoms with van der Waals surface area (Å²) in [7, 11) is 1.59. The van der Waals surface area contributed by atoms with Crippen molar-refractivity contribution in [1.82, 2.24) is 34.0 Å². The van der Waals surface area contributed by atoms with E-state index in [9.17, 15) is 4.79 Å². The SMILES string of the molecule is CCn1c(=O)c2ccccc2n2c(CN3CCN(c4cncc(OC)n4)CC3)nnc12. The normalized spacial score (nSPS) is 15.1. The first kappa shape index (κ1) is 19.4. The number of aryl methyl sites for hydroxylation is 1. The monoisotopic (exact) mass is 420 g/mol. The molecule has 31 heavy (non-hydrogen) atoms. The van der Waals surface area contributed by atoms with Crippen LogP contribution >= 0.6 is 0 Å². The summed E-state index contributed by atoms with van der Waals surface area (Å²) >= 11 is 0. The summed E-state index contributed by atoms with van der Waals surface area (Å²) in [4.78, 5) is 26.1. The van der Waals surface area contributed by atoms with Crippen LogP contribution in [0.4, 0.5) is 5.82 Å². The highest BCUT2D eigenvalue weighted by Gasteiger charge is 2.22. The first-order valence-electron chi connectivity index (χ1n) is 10.4. The third-order valence-corrected chi connectivity index (χ3v) is 5.76. The van der Waals surface area contributed by atoms with Gasteiger partial charge in [0.15, 0.2) is 11.6 Å². The fraction of sp³-hybridized carbons (Fsp3) is 0.381. The summed E-state index contributed by atoms with van der Waals surface area (Å²) in [6.07, 6.45) is 3.37. The predicted octanol–water partition coefficient (Wildman–Crippen LogP) is 1.18. The Kier molecular flexibility index (Phi) is 4.99. The van der Waals surface area contributed by atoms with Crippen LogP contribution in [0.25, 0.3) is 16.7 Å². The Bertz CT molecular complexity index is 1290. The molecule has 4 heterocycles. The topological polar surface area (TPSA) is 93.7 Å². The maximum absolute atomic E-state index is 12.8. The molecule has 0 saturated carbocycles. The molecule has 4 aromatic rings. The van der Waals surface area contributed by atoms with Crippen LogP contribution in [-0.2, 0) is 13.1 Å². The molecule has 1 fully saturated rings. The molecule has 0 bridgehead atoms. The fourth-order valence-electron chi connectivity index (χ4n) is 4.13. The van der Waals surface area contributed by atoms with Gasteiger partial charge >= 0.3 is 0 Å². The summed E-state index contributed by atoms with van der Waals surface area (Å²) < 4.78 is 8.88. The molecular formula is C21H24N8O2. The standard InChI is InChI=1S/C21H24N8O2/c1-3-28-20(30)15-6-4-5-7-16(15)29-18(24-25-21(28)29)14-26-8-10-27(11-9-26)17-12-22-13-19(23-17)31-2/h4-7,12-13H,3,8-11,14H2,1-2H3. The van der Waals surface area contributed by atoms with Crippen LogP contribution in [0.15, 0.2) is 41.5 Å². The number of piperazine rings is 1. The van der Waals surface area contributed by atoms with Gasteiger partial charge in [0.2, 0.25) is 11.7 Å². The molecule has 0 amide bonds. The molecule has 10 heteroatoms. The molecule has 10 nitrogen and oxygen atoms in total. The third-order valence-electron chi connectivity index (χ3n) is 5.76. The van der Waals surface area contributed by atoms with Crippen molar-refractivity contribution in [3.8, 4) is 5.88 Å². The van der Waals surface area contributed by atoms with Gasteiger partial charge in [0.1, 0.15) is 0 Å². The molecule has 160 valence electrons. The van der Waals surface area contributed by atoms with E-state index in [0.717, 1.165) is 43.3 Å². The van der Waals surface area contributed by atoms with E-state index >= 15 is 0 Å². The van der Waals surface area contributed by atoms with Gasteiger partial charge in [-0.05, 0) is 19.1 Å². The Hall–Kier alpha value is -3.53. The summed E-state index contributed by atoms with van der Waals surface area (Å²) in [5, 5.41) is 9.48. The van der Waals surface area contributed by atoms with Crippen molar-refractivity contribution < 1.29 is 4.74 Å². The quantitative estimate of drug-likeness (QED) is 0.475. The Morgan fingerprint density at radius 1 is 1.06 bits per heavy atom. The zero-order chi connectivity index (χ0) is 21.4. The molecule has 0 atom stereocenters. The first-order valence-corrected chi connectivity index (χ1v) is 10.4. The largest absolute Gasteiger partial charge is 0.480 e. The number of hydrogen-bond acceptors (Lipinski definition) is 8. The molecule has 0 N–H and O–H groups in total. The molecule has 1 aliphatic rings. The number of ether oxygens (including phenoxy) is 1. The lowest BCUT2D eigenvalue weighted by Gasteiger charge is -2.34. The fourth-order valence-corrected chi connectivity index (χ4v) is 4.13. The molecule has 1 saturated heterocycles. The highest BCUT2D eigenvalue weighted by atomic mass is 16.5. The molecule has 5 rings (SSSR count). The average molecular weight is 420 g/mol. The first-order chi connectivity index (χ1) is 15.2. The number of hydrogen-bond donors (Lipinski definition) is 0. The van der Waals surface area contributed by atoms with Crippen LogP contribution in [0.2, 0.25) is 0 Å². The highest BCUT2D eigenvalue weighted by molar-refractivity contribution is 5.80. The molecule has 0 unspecified atom stereocenters. The molecule has 3 aromatic heterocycles. The zero-order valence-corrected chi connectivity index (χ0v) is 17.6. The van der Waals surface area contributed by atoms with Crippen LogP contribution in [-0.4, -0.2) is 67.3 Å². The van der Waals surface area contributed by atoms with Crippen molar-refractivity contribution >= 4 is 22.5 Å². The van der Waals surface area contributed by atoms with Gasteiger partial charge in [0, 0.05) is 32.7 Å². The molecule has 0 spiro atoms. The van der Waals surface area contributed by atoms with Gasteiger partial charge < -0.3 is 9.64 Å². The van der Waals surface area contributed by atoms with Crippen molar-refractivity contribution in [2.24, 2.45) is 0 Å². The van der Waals surface area contributed by atoms with Crippen LogP contribution in [0.3, 0.4) is 0 Å². The van der Waals surface area contributed by atoms with E-state index < -0.39 is 0 Å². The Morgan fingerprint density at radius 3 is 2.65 bits per heavy atom. The van der Waals surface area contributed by atoms with Gasteiger partial charge in [-0.1, -0.05) is 12.1 Å². The number of rotatable bonds is 5. The second-order valence-corrected chi connectivity index (χ2v) is 7.50. The van der Waals surface area contributed by atoms with Crippen LogP contribution in [0.5, 0.6) is 5.88 Å². The molecule has 0 aliphatic carbocycles. The van der Waals surface area contributed by atoms with E-state index in [4.69, 9.17) is 4.74 Å². The van der Waals surface area contributed by atoms with E-state index in [1.165, 1.54) is 0 Å². The average Bonchev–Trinajstić information content (AvgIpc) is 3.23. The number of anilines is 1. The molecule has 1 aromatic carbocycles. The zero-order valence-electron chi connectivity index (χ0n) is 17.6. The van der Waals surface area contributed by atoms with E-state index in [2.05, 4.69) is 30.0 Å². The smallest absolute Gasteiger partial charge is 0.262 e. The van der Waals surface area contributed by atoms with E-state index in [0.29, 0.717) is 30.1 Å². The number of fused-ring (bicyclic) bond motifs is 3. The Morgan fingerprint density at radius 2 is 1.87 bits per heavy atom. The minimum absolute atomic E-state index is 0.0300. The highest BCUT2D eigenvalue weighted by Crippen LogP contribution is 2.19. The van der Waals surface area contributed by atoms with Gasteiger partial charge in [-0.15, -0.1) is 10.2 Å². The lowest BCUT2D eigenvalue weighted by atomic mass is 10.2. The molecule has 1 aliphatic heterocycles. The number of aromatic nitrogens is 6.